The Labute approximate surface area is 132 Å². The van der Waals surface area contributed by atoms with Gasteiger partial charge in [-0.2, -0.15) is 0 Å². The number of hydrogen-bond donors (Lipinski definition) is 0. The average Bonchev–Trinajstić information content (AvgIpc) is 2.78. The molecule has 108 valence electrons. The Morgan fingerprint density at radius 1 is 1.14 bits per heavy atom. The molecule has 21 heavy (non-hydrogen) atoms. The maximum atomic E-state index is 13.1. The van der Waals surface area contributed by atoms with Gasteiger partial charge in [0.05, 0.1) is 5.52 Å². The number of fused-ring (bicyclic) bond motifs is 3. The quantitative estimate of drug-likeness (QED) is 0.738. The van der Waals surface area contributed by atoms with Crippen LogP contribution in [0, 0.1) is 0 Å². The molecule has 0 aliphatic carbocycles. The molecule has 4 heteroatoms. The summed E-state index contributed by atoms with van der Waals surface area (Å²) in [6.45, 7) is 0. The number of carbonyl (C=O) groups excluding carboxylic acids is 1. The van der Waals surface area contributed by atoms with E-state index in [4.69, 9.17) is 0 Å². The van der Waals surface area contributed by atoms with Gasteiger partial charge in [0, 0.05) is 34.1 Å². The normalized spacial score (nSPS) is 28.0. The monoisotopic (exact) mass is 344 g/mol. The molecule has 0 radical (unpaired) electrons. The van der Waals surface area contributed by atoms with Gasteiger partial charge < -0.3 is 4.90 Å². The number of alkyl halides is 1. The predicted molar refractivity (Wildman–Crippen MR) is 86.7 cm³/mol. The van der Waals surface area contributed by atoms with Crippen molar-refractivity contribution in [2.45, 2.75) is 42.6 Å². The molecule has 1 amide bonds. The van der Waals surface area contributed by atoms with Crippen molar-refractivity contribution in [3.05, 3.63) is 42.1 Å². The number of halogens is 1. The van der Waals surface area contributed by atoms with Crippen molar-refractivity contribution in [1.82, 2.24) is 9.88 Å². The summed E-state index contributed by atoms with van der Waals surface area (Å²) in [7, 11) is 0. The molecule has 0 N–H and O–H groups in total. The molecule has 2 aromatic rings. The van der Waals surface area contributed by atoms with Crippen molar-refractivity contribution in [2.24, 2.45) is 0 Å². The number of carbonyl (C=O) groups is 1. The topological polar surface area (TPSA) is 33.2 Å². The first-order valence-electron chi connectivity index (χ1n) is 7.54. The van der Waals surface area contributed by atoms with E-state index in [1.54, 1.807) is 6.20 Å². The first-order chi connectivity index (χ1) is 10.2. The average molecular weight is 345 g/mol. The summed E-state index contributed by atoms with van der Waals surface area (Å²) in [6, 6.07) is 10.5. The molecule has 2 bridgehead atoms. The van der Waals surface area contributed by atoms with E-state index >= 15 is 0 Å². The van der Waals surface area contributed by atoms with E-state index in [-0.39, 0.29) is 5.91 Å². The summed E-state index contributed by atoms with van der Waals surface area (Å²) in [5.74, 6) is 0.181. The van der Waals surface area contributed by atoms with Crippen molar-refractivity contribution in [1.29, 1.82) is 0 Å². The highest BCUT2D eigenvalue weighted by atomic mass is 79.9. The van der Waals surface area contributed by atoms with Gasteiger partial charge in [0.15, 0.2) is 0 Å². The summed E-state index contributed by atoms with van der Waals surface area (Å²) in [5.41, 5.74) is 1.69. The SMILES string of the molecule is O=C(c1cccc2ncccc12)N1C2CCC1CC(Br)C2. The first-order valence-corrected chi connectivity index (χ1v) is 8.46. The third kappa shape index (κ3) is 2.16. The maximum absolute atomic E-state index is 13.1. The predicted octanol–water partition coefficient (Wildman–Crippen LogP) is 3.77. The Morgan fingerprint density at radius 2 is 1.90 bits per heavy atom. The van der Waals surface area contributed by atoms with E-state index in [1.807, 2.05) is 30.3 Å². The summed E-state index contributed by atoms with van der Waals surface area (Å²) in [4.78, 5) is 20.1. The van der Waals surface area contributed by atoms with Crippen LogP contribution in [0.2, 0.25) is 0 Å². The van der Waals surface area contributed by atoms with Crippen molar-refractivity contribution in [3.63, 3.8) is 0 Å². The molecular formula is C17H17BrN2O. The van der Waals surface area contributed by atoms with E-state index in [9.17, 15) is 4.79 Å². The van der Waals surface area contributed by atoms with Crippen LogP contribution in [0.3, 0.4) is 0 Å². The van der Waals surface area contributed by atoms with Crippen molar-refractivity contribution < 1.29 is 4.79 Å². The smallest absolute Gasteiger partial charge is 0.255 e. The standard InChI is InChI=1S/C17H17BrN2O/c18-11-9-12-6-7-13(10-11)20(12)17(21)15-3-1-5-16-14(15)4-2-8-19-16/h1-5,8,11-13H,6-7,9-10H2. The van der Waals surface area contributed by atoms with E-state index in [0.29, 0.717) is 16.9 Å². The number of rotatable bonds is 1. The summed E-state index contributed by atoms with van der Waals surface area (Å²) in [5, 5.41) is 0.963. The molecular weight excluding hydrogens is 328 g/mol. The Balaban J connectivity index is 1.74. The number of amides is 1. The Kier molecular flexibility index (Phi) is 3.21. The molecule has 2 aliphatic heterocycles. The minimum absolute atomic E-state index is 0.181. The lowest BCUT2D eigenvalue weighted by Crippen LogP contribution is -2.46. The lowest BCUT2D eigenvalue weighted by molar-refractivity contribution is 0.0605. The second kappa shape index (κ2) is 5.09. The van der Waals surface area contributed by atoms with Crippen LogP contribution in [0.4, 0.5) is 0 Å². The molecule has 0 spiro atoms. The third-order valence-electron chi connectivity index (χ3n) is 4.79. The second-order valence-electron chi connectivity index (χ2n) is 6.04. The zero-order valence-electron chi connectivity index (χ0n) is 11.7. The lowest BCUT2D eigenvalue weighted by atomic mass is 10.00. The third-order valence-corrected chi connectivity index (χ3v) is 5.53. The van der Waals surface area contributed by atoms with Crippen LogP contribution in [0.5, 0.6) is 0 Å². The van der Waals surface area contributed by atoms with Gasteiger partial charge in [0.25, 0.3) is 5.91 Å². The van der Waals surface area contributed by atoms with Gasteiger partial charge in [0.2, 0.25) is 0 Å². The van der Waals surface area contributed by atoms with Crippen molar-refractivity contribution in [2.75, 3.05) is 0 Å². The molecule has 2 atom stereocenters. The van der Waals surface area contributed by atoms with Gasteiger partial charge in [-0.1, -0.05) is 28.1 Å². The van der Waals surface area contributed by atoms with Gasteiger partial charge in [-0.05, 0) is 43.9 Å². The summed E-state index contributed by atoms with van der Waals surface area (Å²) < 4.78 is 0. The number of hydrogen-bond acceptors (Lipinski definition) is 2. The highest BCUT2D eigenvalue weighted by Gasteiger charge is 2.42. The van der Waals surface area contributed by atoms with Gasteiger partial charge >= 0.3 is 0 Å². The second-order valence-corrected chi connectivity index (χ2v) is 7.34. The van der Waals surface area contributed by atoms with Gasteiger partial charge in [-0.15, -0.1) is 0 Å². The molecule has 2 unspecified atom stereocenters. The Hall–Kier alpha value is -1.42. The van der Waals surface area contributed by atoms with Crippen molar-refractivity contribution in [3.8, 4) is 0 Å². The summed E-state index contributed by atoms with van der Waals surface area (Å²) in [6.07, 6.45) is 6.20. The van der Waals surface area contributed by atoms with Crippen LogP contribution >= 0.6 is 15.9 Å². The van der Waals surface area contributed by atoms with Crippen LogP contribution in [-0.4, -0.2) is 32.7 Å². The van der Waals surface area contributed by atoms with Gasteiger partial charge in [-0.3, -0.25) is 9.78 Å². The molecule has 4 rings (SSSR count). The fourth-order valence-electron chi connectivity index (χ4n) is 3.87. The molecule has 3 nitrogen and oxygen atoms in total. The molecule has 2 saturated heterocycles. The van der Waals surface area contributed by atoms with E-state index in [2.05, 4.69) is 25.8 Å². The van der Waals surface area contributed by atoms with Crippen LogP contribution in [-0.2, 0) is 0 Å². The fourth-order valence-corrected chi connectivity index (χ4v) is 4.73. The highest BCUT2D eigenvalue weighted by molar-refractivity contribution is 9.09. The van der Waals surface area contributed by atoms with E-state index < -0.39 is 0 Å². The molecule has 2 aliphatic rings. The fraction of sp³-hybridized carbons (Fsp3) is 0.412. The summed E-state index contributed by atoms with van der Waals surface area (Å²) >= 11 is 3.73. The Morgan fingerprint density at radius 3 is 2.67 bits per heavy atom. The van der Waals surface area contributed by atoms with Crippen LogP contribution in [0.15, 0.2) is 36.5 Å². The number of pyridine rings is 1. The van der Waals surface area contributed by atoms with Gasteiger partial charge in [-0.25, -0.2) is 0 Å². The minimum atomic E-state index is 0.181. The maximum Gasteiger partial charge on any atom is 0.255 e. The zero-order valence-corrected chi connectivity index (χ0v) is 13.3. The number of nitrogens with zero attached hydrogens (tertiary/aromatic N) is 2. The lowest BCUT2D eigenvalue weighted by Gasteiger charge is -2.37. The largest absolute Gasteiger partial charge is 0.333 e. The van der Waals surface area contributed by atoms with Crippen molar-refractivity contribution >= 4 is 32.7 Å². The van der Waals surface area contributed by atoms with Crippen LogP contribution < -0.4 is 0 Å². The highest BCUT2D eigenvalue weighted by Crippen LogP contribution is 2.39. The number of piperidine rings is 1. The molecule has 2 fully saturated rings. The van der Waals surface area contributed by atoms with E-state index in [0.717, 1.165) is 42.1 Å². The molecule has 1 aromatic heterocycles. The van der Waals surface area contributed by atoms with Crippen LogP contribution in [0.1, 0.15) is 36.0 Å². The zero-order chi connectivity index (χ0) is 14.4. The van der Waals surface area contributed by atoms with E-state index in [1.165, 1.54) is 0 Å². The van der Waals surface area contributed by atoms with Crippen LogP contribution in [0.25, 0.3) is 10.9 Å². The Bertz CT molecular complexity index is 683. The molecule has 3 heterocycles. The molecule has 0 saturated carbocycles. The van der Waals surface area contributed by atoms with Gasteiger partial charge in [0.1, 0.15) is 0 Å². The minimum Gasteiger partial charge on any atom is -0.333 e. The first kappa shape index (κ1) is 13.3. The number of aromatic nitrogens is 1. The molecule has 1 aromatic carbocycles. The number of benzene rings is 1.